The third kappa shape index (κ3) is 1.48. The molecule has 0 amide bonds. The first-order valence-corrected chi connectivity index (χ1v) is 4.27. The molecule has 0 saturated heterocycles. The molecule has 0 spiro atoms. The topological polar surface area (TPSA) is 72.1 Å². The zero-order valence-electron chi connectivity index (χ0n) is 7.98. The van der Waals surface area contributed by atoms with E-state index < -0.39 is 5.97 Å². The number of rotatable bonds is 2. The normalized spacial score (nSPS) is 10.2. The van der Waals surface area contributed by atoms with E-state index in [1.165, 1.54) is 13.2 Å². The number of aromatic nitrogens is 2. The zero-order chi connectivity index (χ0) is 10.8. The molecule has 1 heterocycles. The van der Waals surface area contributed by atoms with Crippen LogP contribution in [0.3, 0.4) is 0 Å². The number of nitrogens with one attached hydrogen (secondary N) is 1. The van der Waals surface area contributed by atoms with Crippen LogP contribution in [-0.4, -0.2) is 29.6 Å². The van der Waals surface area contributed by atoms with Crippen LogP contribution < -0.4 is 0 Å². The van der Waals surface area contributed by atoms with Gasteiger partial charge in [-0.2, -0.15) is 5.10 Å². The van der Waals surface area contributed by atoms with Gasteiger partial charge in [-0.3, -0.25) is 9.89 Å². The van der Waals surface area contributed by atoms with Gasteiger partial charge in [-0.25, -0.2) is 4.79 Å². The number of fused-ring (bicyclic) bond motifs is 1. The van der Waals surface area contributed by atoms with Crippen molar-refractivity contribution in [2.24, 2.45) is 0 Å². The third-order valence-electron chi connectivity index (χ3n) is 2.14. The Kier molecular flexibility index (Phi) is 2.21. The first-order chi connectivity index (χ1) is 7.26. The number of aromatic amines is 1. The van der Waals surface area contributed by atoms with Crippen molar-refractivity contribution in [2.75, 3.05) is 7.11 Å². The first kappa shape index (κ1) is 9.39. The SMILES string of the molecule is COC(=O)c1cc(C=O)c2cn[nH]c2c1. The summed E-state index contributed by atoms with van der Waals surface area (Å²) in [7, 11) is 1.29. The summed E-state index contributed by atoms with van der Waals surface area (Å²) in [4.78, 5) is 22.1. The molecule has 0 radical (unpaired) electrons. The lowest BCUT2D eigenvalue weighted by Gasteiger charge is -2.00. The summed E-state index contributed by atoms with van der Waals surface area (Å²) in [5.74, 6) is -0.477. The molecule has 0 aliphatic rings. The molecular formula is C10H8N2O3. The van der Waals surface area contributed by atoms with Gasteiger partial charge in [-0.05, 0) is 12.1 Å². The van der Waals surface area contributed by atoms with Crippen molar-refractivity contribution in [1.29, 1.82) is 0 Å². The summed E-state index contributed by atoms with van der Waals surface area (Å²) < 4.78 is 4.57. The Morgan fingerprint density at radius 2 is 2.33 bits per heavy atom. The van der Waals surface area contributed by atoms with Gasteiger partial charge in [-0.15, -0.1) is 0 Å². The standard InChI is InChI=1S/C10H8N2O3/c1-15-10(14)6-2-7(5-13)8-4-11-12-9(8)3-6/h2-5H,1H3,(H,11,12). The van der Waals surface area contributed by atoms with Gasteiger partial charge in [-0.1, -0.05) is 0 Å². The Morgan fingerprint density at radius 3 is 3.00 bits per heavy atom. The molecule has 1 aromatic heterocycles. The van der Waals surface area contributed by atoms with E-state index in [2.05, 4.69) is 14.9 Å². The number of carbonyl (C=O) groups is 2. The number of ether oxygens (including phenoxy) is 1. The number of H-pyrrole nitrogens is 1. The maximum absolute atomic E-state index is 11.3. The number of aldehydes is 1. The van der Waals surface area contributed by atoms with Crippen LogP contribution in [0.25, 0.3) is 10.9 Å². The van der Waals surface area contributed by atoms with E-state index >= 15 is 0 Å². The summed E-state index contributed by atoms with van der Waals surface area (Å²) >= 11 is 0. The minimum atomic E-state index is -0.477. The highest BCUT2D eigenvalue weighted by atomic mass is 16.5. The second-order valence-corrected chi connectivity index (χ2v) is 3.01. The quantitative estimate of drug-likeness (QED) is 0.588. The first-order valence-electron chi connectivity index (χ1n) is 4.27. The Morgan fingerprint density at radius 1 is 1.53 bits per heavy atom. The van der Waals surface area contributed by atoms with E-state index in [1.54, 1.807) is 12.3 Å². The van der Waals surface area contributed by atoms with E-state index in [0.717, 1.165) is 0 Å². The molecule has 0 saturated carbocycles. The van der Waals surface area contributed by atoms with Gasteiger partial charge in [0.05, 0.1) is 24.4 Å². The fourth-order valence-electron chi connectivity index (χ4n) is 1.41. The number of nitrogens with zero attached hydrogens (tertiary/aromatic N) is 1. The van der Waals surface area contributed by atoms with Crippen LogP contribution in [0.2, 0.25) is 0 Å². The average Bonchev–Trinajstić information content (AvgIpc) is 2.74. The van der Waals surface area contributed by atoms with Crippen LogP contribution in [-0.2, 0) is 4.74 Å². The van der Waals surface area contributed by atoms with E-state index in [1.807, 2.05) is 0 Å². The lowest BCUT2D eigenvalue weighted by Crippen LogP contribution is -2.02. The van der Waals surface area contributed by atoms with E-state index in [4.69, 9.17) is 0 Å². The molecule has 0 aliphatic heterocycles. The molecule has 1 N–H and O–H groups in total. The molecule has 15 heavy (non-hydrogen) atoms. The van der Waals surface area contributed by atoms with Gasteiger partial charge in [0.2, 0.25) is 0 Å². The number of hydrogen-bond acceptors (Lipinski definition) is 4. The second-order valence-electron chi connectivity index (χ2n) is 3.01. The molecule has 0 fully saturated rings. The number of carbonyl (C=O) groups excluding carboxylic acids is 2. The predicted octanol–water partition coefficient (Wildman–Crippen LogP) is 1.16. The Hall–Kier alpha value is -2.17. The van der Waals surface area contributed by atoms with Crippen molar-refractivity contribution in [3.63, 3.8) is 0 Å². The largest absolute Gasteiger partial charge is 0.465 e. The molecule has 2 rings (SSSR count). The summed E-state index contributed by atoms with van der Waals surface area (Å²) in [6.07, 6.45) is 2.23. The molecule has 76 valence electrons. The number of hydrogen-bond donors (Lipinski definition) is 1. The van der Waals surface area contributed by atoms with Crippen molar-refractivity contribution in [1.82, 2.24) is 10.2 Å². The van der Waals surface area contributed by atoms with Gasteiger partial charge < -0.3 is 4.74 Å². The number of benzene rings is 1. The van der Waals surface area contributed by atoms with Crippen molar-refractivity contribution < 1.29 is 14.3 Å². The van der Waals surface area contributed by atoms with Crippen LogP contribution in [0.15, 0.2) is 18.3 Å². The van der Waals surface area contributed by atoms with Gasteiger partial charge in [0.15, 0.2) is 6.29 Å². The fraction of sp³-hybridized carbons (Fsp3) is 0.100. The van der Waals surface area contributed by atoms with Crippen LogP contribution in [0.1, 0.15) is 20.7 Å². The monoisotopic (exact) mass is 204 g/mol. The summed E-state index contributed by atoms with van der Waals surface area (Å²) in [5.41, 5.74) is 1.39. The molecule has 5 heteroatoms. The fourth-order valence-corrected chi connectivity index (χ4v) is 1.41. The summed E-state index contributed by atoms with van der Waals surface area (Å²) in [5, 5.41) is 7.19. The predicted molar refractivity (Wildman–Crippen MR) is 52.8 cm³/mol. The molecule has 2 aromatic rings. The Bertz CT molecular complexity index is 530. The highest BCUT2D eigenvalue weighted by molar-refractivity contribution is 6.02. The molecular weight excluding hydrogens is 196 g/mol. The minimum absolute atomic E-state index is 0.330. The highest BCUT2D eigenvalue weighted by Gasteiger charge is 2.10. The Labute approximate surface area is 85.0 Å². The van der Waals surface area contributed by atoms with Crippen LogP contribution in [0.5, 0.6) is 0 Å². The molecule has 5 nitrogen and oxygen atoms in total. The smallest absolute Gasteiger partial charge is 0.337 e. The molecule has 0 aliphatic carbocycles. The van der Waals surface area contributed by atoms with Crippen molar-refractivity contribution in [3.8, 4) is 0 Å². The zero-order valence-corrected chi connectivity index (χ0v) is 7.98. The second kappa shape index (κ2) is 3.53. The van der Waals surface area contributed by atoms with Crippen LogP contribution >= 0.6 is 0 Å². The maximum atomic E-state index is 11.3. The highest BCUT2D eigenvalue weighted by Crippen LogP contribution is 2.18. The van der Waals surface area contributed by atoms with Crippen molar-refractivity contribution in [2.45, 2.75) is 0 Å². The van der Waals surface area contributed by atoms with Crippen molar-refractivity contribution >= 4 is 23.2 Å². The summed E-state index contributed by atoms with van der Waals surface area (Å²) in [6.45, 7) is 0. The minimum Gasteiger partial charge on any atom is -0.465 e. The van der Waals surface area contributed by atoms with E-state index in [0.29, 0.717) is 28.3 Å². The van der Waals surface area contributed by atoms with Crippen molar-refractivity contribution in [3.05, 3.63) is 29.5 Å². The van der Waals surface area contributed by atoms with Crippen LogP contribution in [0.4, 0.5) is 0 Å². The summed E-state index contributed by atoms with van der Waals surface area (Å²) in [6, 6.07) is 3.08. The van der Waals surface area contributed by atoms with E-state index in [9.17, 15) is 9.59 Å². The lowest BCUT2D eigenvalue weighted by molar-refractivity contribution is 0.0601. The lowest BCUT2D eigenvalue weighted by atomic mass is 10.1. The molecule has 0 unspecified atom stereocenters. The van der Waals surface area contributed by atoms with Gasteiger partial charge in [0.25, 0.3) is 0 Å². The average molecular weight is 204 g/mol. The molecule has 0 bridgehead atoms. The van der Waals surface area contributed by atoms with Gasteiger partial charge in [0.1, 0.15) is 0 Å². The number of esters is 1. The Balaban J connectivity index is 2.68. The third-order valence-corrected chi connectivity index (χ3v) is 2.14. The van der Waals surface area contributed by atoms with Gasteiger partial charge >= 0.3 is 5.97 Å². The van der Waals surface area contributed by atoms with Crippen LogP contribution in [0, 0.1) is 0 Å². The number of methoxy groups -OCH3 is 1. The molecule has 1 aromatic carbocycles. The molecule has 0 atom stereocenters. The van der Waals surface area contributed by atoms with E-state index in [-0.39, 0.29) is 0 Å². The maximum Gasteiger partial charge on any atom is 0.337 e. The van der Waals surface area contributed by atoms with Gasteiger partial charge in [0, 0.05) is 10.9 Å².